The van der Waals surface area contributed by atoms with Crippen molar-refractivity contribution >= 4 is 5.91 Å². The largest absolute Gasteiger partial charge is 0.352 e. The lowest BCUT2D eigenvalue weighted by Gasteiger charge is -2.30. The molecular formula is C16H26F2N4O. The van der Waals surface area contributed by atoms with Crippen molar-refractivity contribution in [3.63, 3.8) is 0 Å². The van der Waals surface area contributed by atoms with Crippen LogP contribution in [0.15, 0.2) is 0 Å². The van der Waals surface area contributed by atoms with Crippen LogP contribution in [0.4, 0.5) is 8.78 Å². The molecule has 1 aromatic heterocycles. The number of nitrogens with zero attached hydrogens (tertiary/aromatic N) is 2. The maximum absolute atomic E-state index is 12.8. The van der Waals surface area contributed by atoms with E-state index in [1.165, 1.54) is 19.3 Å². The first kappa shape index (κ1) is 17.8. The van der Waals surface area contributed by atoms with Gasteiger partial charge in [0, 0.05) is 23.8 Å². The van der Waals surface area contributed by atoms with Gasteiger partial charge in [-0.05, 0) is 32.6 Å². The fourth-order valence-corrected chi connectivity index (χ4v) is 3.47. The Kier molecular flexibility index (Phi) is 6.10. The van der Waals surface area contributed by atoms with Gasteiger partial charge in [0.2, 0.25) is 5.91 Å². The van der Waals surface area contributed by atoms with Crippen LogP contribution in [-0.4, -0.2) is 28.3 Å². The molecule has 1 aromatic rings. The lowest BCUT2D eigenvalue weighted by Crippen LogP contribution is -2.46. The first-order chi connectivity index (χ1) is 10.9. The van der Waals surface area contributed by atoms with Crippen molar-refractivity contribution in [2.45, 2.75) is 65.0 Å². The lowest BCUT2D eigenvalue weighted by molar-refractivity contribution is -0.121. The molecule has 0 bridgehead atoms. The average Bonchev–Trinajstić information content (AvgIpc) is 2.81. The number of amides is 1. The number of nitrogens with two attached hydrogens (primary N) is 1. The van der Waals surface area contributed by atoms with Gasteiger partial charge in [0.25, 0.3) is 0 Å². The Bertz CT molecular complexity index is 538. The summed E-state index contributed by atoms with van der Waals surface area (Å²) in [6, 6.07) is -0.0337. The van der Waals surface area contributed by atoms with Crippen LogP contribution in [0.5, 0.6) is 0 Å². The van der Waals surface area contributed by atoms with Gasteiger partial charge >= 0.3 is 6.55 Å². The van der Waals surface area contributed by atoms with Crippen LogP contribution in [-0.2, 0) is 11.2 Å². The molecule has 1 amide bonds. The molecule has 5 nitrogen and oxygen atoms in total. The summed E-state index contributed by atoms with van der Waals surface area (Å²) in [6.07, 6.45) is 5.83. The number of aryl methyl sites for hydroxylation is 1. The number of hydrogen-bond acceptors (Lipinski definition) is 3. The van der Waals surface area contributed by atoms with Crippen LogP contribution in [0, 0.1) is 19.8 Å². The third kappa shape index (κ3) is 4.28. The van der Waals surface area contributed by atoms with Gasteiger partial charge in [-0.25, -0.2) is 4.68 Å². The van der Waals surface area contributed by atoms with Crippen molar-refractivity contribution in [3.05, 3.63) is 17.0 Å². The minimum atomic E-state index is -2.69. The van der Waals surface area contributed by atoms with E-state index in [0.717, 1.165) is 12.8 Å². The molecule has 0 aliphatic heterocycles. The van der Waals surface area contributed by atoms with E-state index >= 15 is 0 Å². The summed E-state index contributed by atoms with van der Waals surface area (Å²) in [5.74, 6) is 0.245. The van der Waals surface area contributed by atoms with Gasteiger partial charge in [-0.2, -0.15) is 13.9 Å². The number of alkyl halides is 2. The highest BCUT2D eigenvalue weighted by Gasteiger charge is 2.25. The molecule has 23 heavy (non-hydrogen) atoms. The average molecular weight is 328 g/mol. The van der Waals surface area contributed by atoms with Crippen LogP contribution in [0.3, 0.4) is 0 Å². The van der Waals surface area contributed by atoms with Crippen LogP contribution < -0.4 is 11.1 Å². The number of carbonyl (C=O) groups is 1. The highest BCUT2D eigenvalue weighted by atomic mass is 19.3. The zero-order valence-corrected chi connectivity index (χ0v) is 13.8. The molecule has 0 saturated heterocycles. The summed E-state index contributed by atoms with van der Waals surface area (Å²) < 4.78 is 26.4. The normalized spacial score (nSPS) is 17.5. The molecule has 1 heterocycles. The Morgan fingerprint density at radius 3 is 2.52 bits per heavy atom. The van der Waals surface area contributed by atoms with E-state index in [4.69, 9.17) is 5.73 Å². The minimum Gasteiger partial charge on any atom is -0.352 e. The number of carbonyl (C=O) groups excluding carboxylic acids is 1. The summed E-state index contributed by atoms with van der Waals surface area (Å²) in [5.41, 5.74) is 7.20. The summed E-state index contributed by atoms with van der Waals surface area (Å²) in [5, 5.41) is 6.80. The second kappa shape index (κ2) is 7.86. The number of rotatable bonds is 6. The van der Waals surface area contributed by atoms with E-state index in [-0.39, 0.29) is 18.4 Å². The molecular weight excluding hydrogens is 302 g/mol. The highest BCUT2D eigenvalue weighted by molar-refractivity contribution is 5.79. The van der Waals surface area contributed by atoms with Crippen LogP contribution in [0.2, 0.25) is 0 Å². The molecule has 0 radical (unpaired) electrons. The predicted octanol–water partition coefficient (Wildman–Crippen LogP) is 2.46. The summed E-state index contributed by atoms with van der Waals surface area (Å²) >= 11 is 0. The topological polar surface area (TPSA) is 72.9 Å². The molecule has 2 rings (SSSR count). The molecule has 1 fully saturated rings. The maximum Gasteiger partial charge on any atom is 0.333 e. The molecule has 1 saturated carbocycles. The standard InChI is InChI=1S/C16H26F2N4O/c1-10-13(11(2)22(21-10)16(17)18)8-15(23)20-14(9-19)12-6-4-3-5-7-12/h12,14,16H,3-9,19H2,1-2H3,(H,20,23). The monoisotopic (exact) mass is 328 g/mol. The van der Waals surface area contributed by atoms with E-state index < -0.39 is 6.55 Å². The zero-order chi connectivity index (χ0) is 17.0. The Balaban J connectivity index is 2.01. The molecule has 0 spiro atoms. The minimum absolute atomic E-state index is 0.0337. The van der Waals surface area contributed by atoms with Crippen LogP contribution >= 0.6 is 0 Å². The summed E-state index contributed by atoms with van der Waals surface area (Å²) in [6.45, 7) is 0.932. The van der Waals surface area contributed by atoms with Crippen molar-refractivity contribution in [1.29, 1.82) is 0 Å². The summed E-state index contributed by atoms with van der Waals surface area (Å²) in [4.78, 5) is 12.3. The maximum atomic E-state index is 12.8. The first-order valence-corrected chi connectivity index (χ1v) is 8.26. The van der Waals surface area contributed by atoms with Crippen molar-refractivity contribution in [2.75, 3.05) is 6.54 Å². The van der Waals surface area contributed by atoms with Gasteiger partial charge in [0.15, 0.2) is 0 Å². The van der Waals surface area contributed by atoms with Crippen molar-refractivity contribution in [1.82, 2.24) is 15.1 Å². The van der Waals surface area contributed by atoms with Crippen molar-refractivity contribution in [3.8, 4) is 0 Å². The Morgan fingerprint density at radius 2 is 2.00 bits per heavy atom. The van der Waals surface area contributed by atoms with Crippen molar-refractivity contribution < 1.29 is 13.6 Å². The second-order valence-corrected chi connectivity index (χ2v) is 6.36. The van der Waals surface area contributed by atoms with Gasteiger partial charge in [-0.3, -0.25) is 4.79 Å². The summed E-state index contributed by atoms with van der Waals surface area (Å²) in [7, 11) is 0. The highest BCUT2D eigenvalue weighted by Crippen LogP contribution is 2.26. The van der Waals surface area contributed by atoms with Crippen molar-refractivity contribution in [2.24, 2.45) is 11.7 Å². The fourth-order valence-electron chi connectivity index (χ4n) is 3.47. The van der Waals surface area contributed by atoms with E-state index in [9.17, 15) is 13.6 Å². The Hall–Kier alpha value is -1.50. The Morgan fingerprint density at radius 1 is 1.35 bits per heavy atom. The van der Waals surface area contributed by atoms with Crippen LogP contribution in [0.25, 0.3) is 0 Å². The molecule has 1 unspecified atom stereocenters. The van der Waals surface area contributed by atoms with Gasteiger partial charge in [0.1, 0.15) is 0 Å². The third-order valence-electron chi connectivity index (χ3n) is 4.82. The third-order valence-corrected chi connectivity index (χ3v) is 4.82. The molecule has 130 valence electrons. The molecule has 3 N–H and O–H groups in total. The number of hydrogen-bond donors (Lipinski definition) is 2. The smallest absolute Gasteiger partial charge is 0.333 e. The van der Waals surface area contributed by atoms with E-state index in [2.05, 4.69) is 10.4 Å². The van der Waals surface area contributed by atoms with E-state index in [1.807, 2.05) is 0 Å². The fraction of sp³-hybridized carbons (Fsp3) is 0.750. The quantitative estimate of drug-likeness (QED) is 0.842. The SMILES string of the molecule is Cc1nn(C(F)F)c(C)c1CC(=O)NC(CN)C1CCCCC1. The van der Waals surface area contributed by atoms with Crippen LogP contribution in [0.1, 0.15) is 55.6 Å². The number of nitrogens with one attached hydrogen (secondary N) is 1. The van der Waals surface area contributed by atoms with Gasteiger partial charge in [0.05, 0.1) is 12.1 Å². The number of halogens is 2. The van der Waals surface area contributed by atoms with Gasteiger partial charge < -0.3 is 11.1 Å². The predicted molar refractivity (Wildman–Crippen MR) is 84.2 cm³/mol. The first-order valence-electron chi connectivity index (χ1n) is 8.26. The molecule has 1 aliphatic carbocycles. The molecule has 1 atom stereocenters. The Labute approximate surface area is 135 Å². The van der Waals surface area contributed by atoms with Gasteiger partial charge in [-0.15, -0.1) is 0 Å². The molecule has 7 heteroatoms. The lowest BCUT2D eigenvalue weighted by atomic mass is 9.84. The molecule has 0 aromatic carbocycles. The van der Waals surface area contributed by atoms with E-state index in [1.54, 1.807) is 13.8 Å². The number of aromatic nitrogens is 2. The molecule has 1 aliphatic rings. The van der Waals surface area contributed by atoms with Gasteiger partial charge in [-0.1, -0.05) is 19.3 Å². The zero-order valence-electron chi connectivity index (χ0n) is 13.8. The van der Waals surface area contributed by atoms with E-state index in [0.29, 0.717) is 34.1 Å². The second-order valence-electron chi connectivity index (χ2n) is 6.36.